The molecule has 0 spiro atoms. The zero-order valence-corrected chi connectivity index (χ0v) is 42.1. The molecule has 12 nitrogen and oxygen atoms in total. The molecule has 3 saturated heterocycles. The predicted octanol–water partition coefficient (Wildman–Crippen LogP) is 3.04. The minimum absolute atomic E-state index is 0.555. The van der Waals surface area contributed by atoms with E-state index in [2.05, 4.69) is 0 Å². The van der Waals surface area contributed by atoms with E-state index in [1.54, 1.807) is 21.3 Å². The van der Waals surface area contributed by atoms with Crippen molar-refractivity contribution in [2.24, 2.45) is 0 Å². The average molecular weight is 973 g/mol. The Morgan fingerprint density at radius 3 is 0.547 bits per heavy atom. The molecule has 3 aliphatic heterocycles. The number of fused-ring (bicyclic) bond motifs is 3. The molecular weight excluding hydrogens is 929 g/mol. The fourth-order valence-corrected chi connectivity index (χ4v) is 44.3. The van der Waals surface area contributed by atoms with Gasteiger partial charge in [0.1, 0.15) is 0 Å². The molecule has 0 saturated carbocycles. The van der Waals surface area contributed by atoms with Crippen LogP contribution in [-0.2, 0) is 50.3 Å². The molecule has 0 amide bonds. The summed E-state index contributed by atoms with van der Waals surface area (Å²) in [4.78, 5) is 0. The minimum atomic E-state index is -4.73. The summed E-state index contributed by atoms with van der Waals surface area (Å²) >= 11 is 0. The molecule has 19 heteroatoms. The molecule has 0 unspecified atom stereocenters. The predicted molar refractivity (Wildman–Crippen MR) is 254 cm³/mol. The van der Waals surface area contributed by atoms with Crippen molar-refractivity contribution in [1.29, 1.82) is 0 Å². The van der Waals surface area contributed by atoms with Crippen molar-refractivity contribution in [3.05, 3.63) is 212 Å². The van der Waals surface area contributed by atoms with Crippen LogP contribution in [0.5, 0.6) is 0 Å². The van der Waals surface area contributed by atoms with Crippen LogP contribution in [0.3, 0.4) is 0 Å². The van der Waals surface area contributed by atoms with E-state index in [0.29, 0.717) is 36.3 Å². The van der Waals surface area contributed by atoms with Crippen LogP contribution in [0.1, 0.15) is 0 Å². The molecule has 0 atom stereocenters. The van der Waals surface area contributed by atoms with Crippen molar-refractivity contribution < 1.29 is 50.3 Å². The van der Waals surface area contributed by atoms with E-state index in [1.807, 2.05) is 212 Å². The summed E-state index contributed by atoms with van der Waals surface area (Å²) in [7, 11) is -27.5. The van der Waals surface area contributed by atoms with Crippen LogP contribution in [0.25, 0.3) is 0 Å². The first-order valence-electron chi connectivity index (χ1n) is 20.6. The quantitative estimate of drug-likeness (QED) is 0.188. The van der Waals surface area contributed by atoms with Gasteiger partial charge >= 0.3 is 61.6 Å². The zero-order chi connectivity index (χ0) is 43.8. The molecule has 0 aromatic heterocycles. The Hall–Kier alpha value is -4.42. The monoisotopic (exact) mass is 972 g/mol. The molecule has 0 aliphatic carbocycles. The molecule has 0 radical (unpaired) electrons. The maximum absolute atomic E-state index is 8.00. The third-order valence-electron chi connectivity index (χ3n) is 11.1. The van der Waals surface area contributed by atoms with E-state index in [1.165, 1.54) is 0 Å². The molecule has 10 rings (SSSR count). The van der Waals surface area contributed by atoms with Crippen LogP contribution in [0, 0.1) is 0 Å². The highest BCUT2D eigenvalue weighted by Crippen LogP contribution is 2.42. The molecule has 3 aliphatic rings. The highest BCUT2D eigenvalue weighted by Gasteiger charge is 2.80. The smallest absolute Gasteiger partial charge is 0.374 e. The second kappa shape index (κ2) is 17.4. The number of hydrogen-bond donors (Lipinski definition) is 0. The Bertz CT molecular complexity index is 2370. The molecule has 64 heavy (non-hydrogen) atoms. The van der Waals surface area contributed by atoms with Gasteiger partial charge in [-0.25, -0.2) is 0 Å². The Labute approximate surface area is 379 Å². The van der Waals surface area contributed by atoms with Crippen LogP contribution in [0.15, 0.2) is 212 Å². The van der Waals surface area contributed by atoms with Crippen LogP contribution in [0.4, 0.5) is 0 Å². The highest BCUT2D eigenvalue weighted by atomic mass is 28.6. The van der Waals surface area contributed by atoms with E-state index in [4.69, 9.17) is 50.3 Å². The van der Waals surface area contributed by atoms with Gasteiger partial charge in [0.2, 0.25) is 0 Å². The van der Waals surface area contributed by atoms with E-state index < -0.39 is 61.6 Å². The largest absolute Gasteiger partial charge is 0.522 e. The van der Waals surface area contributed by atoms with Crippen LogP contribution >= 0.6 is 0 Å². The Kier molecular flexibility index (Phi) is 11.8. The standard InChI is InChI=1S/C45H44O12Si7/c1-46-58(39-25-11-4-12-26-39)49-61(42-31-17-7-18-32-42)51-59(47-2,40-27-13-5-14-28-40)53-63(44-35-21-9-22-36-44)54-60(48-3,41-29-15-6-16-30-41)52-62(50-58,43-33-19-8-20-34-43)56-64(55-61,57-63)45-37-23-10-24-38-45/h4-38H,1-3H3. The number of hydrogen-bond acceptors (Lipinski definition) is 12. The molecule has 0 N–H and O–H groups in total. The summed E-state index contributed by atoms with van der Waals surface area (Å²) in [6, 6.07) is 66.6. The van der Waals surface area contributed by atoms with Gasteiger partial charge < -0.3 is 50.3 Å². The van der Waals surface area contributed by atoms with Crippen molar-refractivity contribution in [1.82, 2.24) is 0 Å². The molecule has 3 fully saturated rings. The van der Waals surface area contributed by atoms with Crippen molar-refractivity contribution >= 4 is 97.9 Å². The van der Waals surface area contributed by atoms with E-state index >= 15 is 0 Å². The molecule has 3 heterocycles. The summed E-state index contributed by atoms with van der Waals surface area (Å²) in [6.45, 7) is 0. The maximum Gasteiger partial charge on any atom is 0.522 e. The van der Waals surface area contributed by atoms with Crippen molar-refractivity contribution in [3.8, 4) is 0 Å². The van der Waals surface area contributed by atoms with Gasteiger partial charge in [0, 0.05) is 57.6 Å². The van der Waals surface area contributed by atoms with E-state index in [0.717, 1.165) is 0 Å². The normalized spacial score (nSPS) is 31.4. The fraction of sp³-hybridized carbons (Fsp3) is 0.0667. The molecule has 4 bridgehead atoms. The van der Waals surface area contributed by atoms with Crippen LogP contribution in [0.2, 0.25) is 0 Å². The van der Waals surface area contributed by atoms with Crippen molar-refractivity contribution in [2.75, 3.05) is 21.3 Å². The molecule has 7 aromatic rings. The van der Waals surface area contributed by atoms with E-state index in [9.17, 15) is 0 Å². The molecule has 324 valence electrons. The fourth-order valence-electron chi connectivity index (χ4n) is 8.06. The first-order valence-corrected chi connectivity index (χ1v) is 32.7. The van der Waals surface area contributed by atoms with Crippen molar-refractivity contribution in [2.45, 2.75) is 0 Å². The number of benzene rings is 7. The summed E-state index contributed by atoms with van der Waals surface area (Å²) < 4.78 is 91.4. The first kappa shape index (κ1) is 43.5. The number of rotatable bonds is 10. The third kappa shape index (κ3) is 7.52. The summed E-state index contributed by atoms with van der Waals surface area (Å²) in [6.07, 6.45) is 0. The Morgan fingerprint density at radius 2 is 0.375 bits per heavy atom. The van der Waals surface area contributed by atoms with E-state index in [-0.39, 0.29) is 0 Å². The lowest BCUT2D eigenvalue weighted by atomic mass is 10.4. The molecule has 7 aromatic carbocycles. The Morgan fingerprint density at radius 1 is 0.219 bits per heavy atom. The second-order valence-corrected chi connectivity index (χ2v) is 35.4. The van der Waals surface area contributed by atoms with Gasteiger partial charge in [-0.15, -0.1) is 0 Å². The average Bonchev–Trinajstić information content (AvgIpc) is 3.36. The highest BCUT2D eigenvalue weighted by molar-refractivity contribution is 7.10. The topological polar surface area (TPSA) is 111 Å². The third-order valence-corrected chi connectivity index (χ3v) is 39.4. The van der Waals surface area contributed by atoms with Gasteiger partial charge in [-0.05, 0) is 0 Å². The van der Waals surface area contributed by atoms with Gasteiger partial charge in [0.25, 0.3) is 0 Å². The maximum atomic E-state index is 8.00. The van der Waals surface area contributed by atoms with Gasteiger partial charge in [-0.1, -0.05) is 212 Å². The Balaban J connectivity index is 1.41. The summed E-state index contributed by atoms with van der Waals surface area (Å²) in [5, 5.41) is 3.99. The van der Waals surface area contributed by atoms with Gasteiger partial charge in [-0.2, -0.15) is 0 Å². The lowest BCUT2D eigenvalue weighted by Crippen LogP contribution is -2.91. The lowest BCUT2D eigenvalue weighted by molar-refractivity contribution is 0.0245. The zero-order valence-electron chi connectivity index (χ0n) is 35.1. The summed E-state index contributed by atoms with van der Waals surface area (Å²) in [5.74, 6) is 0. The van der Waals surface area contributed by atoms with Crippen molar-refractivity contribution in [3.63, 3.8) is 0 Å². The van der Waals surface area contributed by atoms with Gasteiger partial charge in [0.05, 0.1) is 0 Å². The van der Waals surface area contributed by atoms with Gasteiger partial charge in [-0.3, -0.25) is 0 Å². The minimum Gasteiger partial charge on any atom is -0.374 e. The molecular formula is C45H44O12Si7. The van der Waals surface area contributed by atoms with Gasteiger partial charge in [0.15, 0.2) is 0 Å². The SMILES string of the molecule is CO[Si]1(c2ccccc2)O[Si]2(c3ccccc3)O[Si](OC)(c3ccccc3)O[Si]3(c4ccccc4)O[Si](OC)(c4ccccc4)O[Si](c4ccccc4)(O1)O[Si](c1ccccc1)(O2)O3. The lowest BCUT2D eigenvalue weighted by Gasteiger charge is -2.57. The second-order valence-electron chi connectivity index (χ2n) is 15.0. The van der Waals surface area contributed by atoms with Crippen LogP contribution in [-0.4, -0.2) is 83.0 Å². The van der Waals surface area contributed by atoms with Crippen LogP contribution < -0.4 is 36.3 Å². The summed E-state index contributed by atoms with van der Waals surface area (Å²) in [5.41, 5.74) is 0. The first-order chi connectivity index (χ1) is 31.3.